The number of rotatable bonds is 5. The van der Waals surface area contributed by atoms with Gasteiger partial charge in [-0.25, -0.2) is 4.79 Å². The average Bonchev–Trinajstić information content (AvgIpc) is 2.54. The third-order valence-corrected chi connectivity index (χ3v) is 2.43. The fourth-order valence-electron chi connectivity index (χ4n) is 1.58. The Kier molecular flexibility index (Phi) is 4.19. The Morgan fingerprint density at radius 3 is 2.61 bits per heavy atom. The van der Waals surface area contributed by atoms with Gasteiger partial charge < -0.3 is 4.74 Å². The van der Waals surface area contributed by atoms with Gasteiger partial charge >= 0.3 is 11.7 Å². The van der Waals surface area contributed by atoms with E-state index < -0.39 is 10.9 Å². The van der Waals surface area contributed by atoms with Gasteiger partial charge in [0.15, 0.2) is 0 Å². The molecule has 18 heavy (non-hydrogen) atoms. The maximum Gasteiger partial charge on any atom is 0.335 e. The molecule has 0 aliphatic heterocycles. The summed E-state index contributed by atoms with van der Waals surface area (Å²) in [5.74, 6) is -0.521. The van der Waals surface area contributed by atoms with E-state index in [0.29, 0.717) is 11.4 Å². The van der Waals surface area contributed by atoms with Crippen molar-refractivity contribution >= 4 is 11.7 Å². The van der Waals surface area contributed by atoms with E-state index in [-0.39, 0.29) is 24.4 Å². The summed E-state index contributed by atoms with van der Waals surface area (Å²) in [4.78, 5) is 21.7. The van der Waals surface area contributed by atoms with Crippen LogP contribution in [0.25, 0.3) is 0 Å². The Morgan fingerprint density at radius 1 is 1.56 bits per heavy atom. The number of nitrogens with zero attached hydrogens (tertiary/aromatic N) is 3. The highest BCUT2D eigenvalue weighted by Crippen LogP contribution is 2.22. The maximum atomic E-state index is 11.4. The smallest absolute Gasteiger partial charge is 0.335 e. The molecule has 0 radical (unpaired) electrons. The second-order valence-electron chi connectivity index (χ2n) is 3.76. The standard InChI is InChI=1S/C11H15N3O4/c1-5-18-11(15)7(2)6-13-9(4)10(14(16)17)8(3)12-13/h2,5-6H2,1,3-4H3. The first-order chi connectivity index (χ1) is 8.38. The number of carbonyl (C=O) groups excluding carboxylic acids is 1. The molecule has 0 saturated heterocycles. The van der Waals surface area contributed by atoms with E-state index in [1.165, 1.54) is 4.68 Å². The van der Waals surface area contributed by atoms with Gasteiger partial charge in [-0.15, -0.1) is 0 Å². The number of nitro groups is 1. The Morgan fingerprint density at radius 2 is 2.17 bits per heavy atom. The molecule has 0 aliphatic carbocycles. The van der Waals surface area contributed by atoms with Crippen LogP contribution in [0.5, 0.6) is 0 Å². The molecule has 0 aromatic carbocycles. The summed E-state index contributed by atoms with van der Waals surface area (Å²) in [7, 11) is 0. The van der Waals surface area contributed by atoms with Crippen molar-refractivity contribution < 1.29 is 14.5 Å². The number of aryl methyl sites for hydroxylation is 1. The SMILES string of the molecule is C=C(Cn1nc(C)c([N+](=O)[O-])c1C)C(=O)OCC. The first-order valence-electron chi connectivity index (χ1n) is 5.41. The van der Waals surface area contributed by atoms with Crippen LogP contribution in [0.1, 0.15) is 18.3 Å². The van der Waals surface area contributed by atoms with Crippen LogP contribution >= 0.6 is 0 Å². The second kappa shape index (κ2) is 5.44. The fourth-order valence-corrected chi connectivity index (χ4v) is 1.58. The summed E-state index contributed by atoms with van der Waals surface area (Å²) in [5.41, 5.74) is 0.876. The second-order valence-corrected chi connectivity index (χ2v) is 3.76. The van der Waals surface area contributed by atoms with Gasteiger partial charge in [-0.3, -0.25) is 14.8 Å². The zero-order valence-electron chi connectivity index (χ0n) is 10.6. The Hall–Kier alpha value is -2.18. The topological polar surface area (TPSA) is 87.3 Å². The number of ether oxygens (including phenoxy) is 1. The predicted octanol–water partition coefficient (Wildman–Crippen LogP) is 1.53. The van der Waals surface area contributed by atoms with Gasteiger partial charge in [-0.1, -0.05) is 6.58 Å². The van der Waals surface area contributed by atoms with Crippen molar-refractivity contribution in [2.75, 3.05) is 6.61 Å². The van der Waals surface area contributed by atoms with Gasteiger partial charge in [0.25, 0.3) is 0 Å². The summed E-state index contributed by atoms with van der Waals surface area (Å²) in [6.45, 7) is 8.75. The van der Waals surface area contributed by atoms with Crippen molar-refractivity contribution in [1.29, 1.82) is 0 Å². The number of hydrogen-bond donors (Lipinski definition) is 0. The van der Waals surface area contributed by atoms with Crippen LogP contribution in [-0.4, -0.2) is 27.3 Å². The molecule has 0 bridgehead atoms. The van der Waals surface area contributed by atoms with Crippen molar-refractivity contribution in [1.82, 2.24) is 9.78 Å². The fraction of sp³-hybridized carbons (Fsp3) is 0.455. The Balaban J connectivity index is 2.93. The van der Waals surface area contributed by atoms with E-state index in [2.05, 4.69) is 11.7 Å². The van der Waals surface area contributed by atoms with Crippen LogP contribution in [-0.2, 0) is 16.1 Å². The molecule has 0 saturated carbocycles. The summed E-state index contributed by atoms with van der Waals surface area (Å²) in [6.07, 6.45) is 0. The quantitative estimate of drug-likeness (QED) is 0.343. The lowest BCUT2D eigenvalue weighted by Crippen LogP contribution is -2.14. The lowest BCUT2D eigenvalue weighted by atomic mass is 10.3. The minimum absolute atomic E-state index is 0.0355. The Labute approximate surface area is 104 Å². The van der Waals surface area contributed by atoms with Crippen molar-refractivity contribution in [3.63, 3.8) is 0 Å². The zero-order chi connectivity index (χ0) is 13.9. The van der Waals surface area contributed by atoms with Gasteiger partial charge in [-0.05, 0) is 20.8 Å². The molecule has 1 heterocycles. The first-order valence-corrected chi connectivity index (χ1v) is 5.41. The predicted molar refractivity (Wildman–Crippen MR) is 64.1 cm³/mol. The molecule has 1 rings (SSSR count). The van der Waals surface area contributed by atoms with Crippen molar-refractivity contribution in [2.24, 2.45) is 0 Å². The Bertz CT molecular complexity index is 505. The highest BCUT2D eigenvalue weighted by Gasteiger charge is 2.22. The minimum atomic E-state index is -0.521. The highest BCUT2D eigenvalue weighted by molar-refractivity contribution is 5.87. The lowest BCUT2D eigenvalue weighted by Gasteiger charge is -2.06. The minimum Gasteiger partial charge on any atom is -0.463 e. The third kappa shape index (κ3) is 2.73. The van der Waals surface area contributed by atoms with Crippen LogP contribution in [0, 0.1) is 24.0 Å². The van der Waals surface area contributed by atoms with Gasteiger partial charge in [-0.2, -0.15) is 5.10 Å². The number of esters is 1. The summed E-state index contributed by atoms with van der Waals surface area (Å²) < 4.78 is 6.17. The van der Waals surface area contributed by atoms with E-state index in [9.17, 15) is 14.9 Å². The zero-order valence-corrected chi connectivity index (χ0v) is 10.6. The number of carbonyl (C=O) groups is 1. The molecule has 0 spiro atoms. The third-order valence-electron chi connectivity index (χ3n) is 2.43. The van der Waals surface area contributed by atoms with Crippen LogP contribution in [0.3, 0.4) is 0 Å². The average molecular weight is 253 g/mol. The van der Waals surface area contributed by atoms with Crippen molar-refractivity contribution in [2.45, 2.75) is 27.3 Å². The molecule has 0 unspecified atom stereocenters. The van der Waals surface area contributed by atoms with Crippen LogP contribution in [0.2, 0.25) is 0 Å². The van der Waals surface area contributed by atoms with Gasteiger partial charge in [0, 0.05) is 0 Å². The largest absolute Gasteiger partial charge is 0.463 e. The van der Waals surface area contributed by atoms with Crippen LogP contribution in [0.15, 0.2) is 12.2 Å². The van der Waals surface area contributed by atoms with Crippen LogP contribution in [0.4, 0.5) is 5.69 Å². The highest BCUT2D eigenvalue weighted by atomic mass is 16.6. The molecule has 0 fully saturated rings. The lowest BCUT2D eigenvalue weighted by molar-refractivity contribution is -0.386. The van der Waals surface area contributed by atoms with E-state index >= 15 is 0 Å². The molecule has 1 aromatic heterocycles. The molecule has 1 aromatic rings. The number of hydrogen-bond acceptors (Lipinski definition) is 5. The molecular formula is C11H15N3O4. The monoisotopic (exact) mass is 253 g/mol. The molecule has 7 nitrogen and oxygen atoms in total. The molecule has 0 amide bonds. The van der Waals surface area contributed by atoms with E-state index in [4.69, 9.17) is 4.74 Å². The summed E-state index contributed by atoms with van der Waals surface area (Å²) in [6, 6.07) is 0. The van der Waals surface area contributed by atoms with E-state index in [1.807, 2.05) is 0 Å². The molecule has 98 valence electrons. The van der Waals surface area contributed by atoms with E-state index in [1.54, 1.807) is 20.8 Å². The van der Waals surface area contributed by atoms with Crippen molar-refractivity contribution in [3.05, 3.63) is 33.7 Å². The normalized spacial score (nSPS) is 10.2. The van der Waals surface area contributed by atoms with Gasteiger partial charge in [0.2, 0.25) is 0 Å². The molecular weight excluding hydrogens is 238 g/mol. The van der Waals surface area contributed by atoms with E-state index in [0.717, 1.165) is 0 Å². The molecule has 0 N–H and O–H groups in total. The number of aromatic nitrogens is 2. The molecule has 0 atom stereocenters. The van der Waals surface area contributed by atoms with Gasteiger partial charge in [0.1, 0.15) is 11.4 Å². The van der Waals surface area contributed by atoms with Crippen LogP contribution < -0.4 is 0 Å². The maximum absolute atomic E-state index is 11.4. The first kappa shape index (κ1) is 13.9. The summed E-state index contributed by atoms with van der Waals surface area (Å²) >= 11 is 0. The molecule has 0 aliphatic rings. The molecule has 7 heteroatoms. The van der Waals surface area contributed by atoms with Crippen molar-refractivity contribution in [3.8, 4) is 0 Å². The van der Waals surface area contributed by atoms with Gasteiger partial charge in [0.05, 0.1) is 23.6 Å². The summed E-state index contributed by atoms with van der Waals surface area (Å²) in [5, 5.41) is 14.8.